The van der Waals surface area contributed by atoms with Crippen molar-refractivity contribution < 1.29 is 30.3 Å². The molecular formula is C16H25N5O6. The molecule has 0 saturated carbocycles. The van der Waals surface area contributed by atoms with Crippen molar-refractivity contribution in [3.8, 4) is 0 Å². The molecule has 0 spiro atoms. The van der Waals surface area contributed by atoms with Gasteiger partial charge in [0, 0.05) is 13.1 Å². The average Bonchev–Trinajstić information content (AvgIpc) is 3.15. The zero-order chi connectivity index (χ0) is 19.7. The Balaban J connectivity index is 1.99. The summed E-state index contributed by atoms with van der Waals surface area (Å²) in [6.45, 7) is 3.30. The summed E-state index contributed by atoms with van der Waals surface area (Å²) in [7, 11) is 0. The summed E-state index contributed by atoms with van der Waals surface area (Å²) in [5.41, 5.74) is 0.757. The second kappa shape index (κ2) is 8.00. The van der Waals surface area contributed by atoms with Gasteiger partial charge in [0.2, 0.25) is 0 Å². The third kappa shape index (κ3) is 3.88. The van der Waals surface area contributed by atoms with Crippen LogP contribution < -0.4 is 4.90 Å². The standard InChI is InChI=1S/C16H25N5O6/c1-8(23)3-20(4-9(2)24)14-11-15(18-6-17-14)21(7-19-11)16-13(26)12(25)10(5-22)27-16/h6-10,12-13,16,22-26H,3-5H2,1-2H3/t8?,9?,10-,12-,13-,16-/m1/s1. The first-order chi connectivity index (χ1) is 12.8. The highest BCUT2D eigenvalue weighted by Crippen LogP contribution is 2.32. The van der Waals surface area contributed by atoms with Gasteiger partial charge in [-0.3, -0.25) is 4.57 Å². The molecular weight excluding hydrogens is 358 g/mol. The van der Waals surface area contributed by atoms with Gasteiger partial charge in [-0.15, -0.1) is 0 Å². The molecule has 6 atom stereocenters. The number of aliphatic hydroxyl groups excluding tert-OH is 5. The van der Waals surface area contributed by atoms with Gasteiger partial charge < -0.3 is 35.2 Å². The van der Waals surface area contributed by atoms with Crippen molar-refractivity contribution in [2.45, 2.75) is 50.6 Å². The van der Waals surface area contributed by atoms with Crippen molar-refractivity contribution in [2.24, 2.45) is 0 Å². The molecule has 0 aliphatic carbocycles. The molecule has 11 nitrogen and oxygen atoms in total. The maximum absolute atomic E-state index is 10.3. The molecule has 2 aromatic rings. The number of nitrogens with zero attached hydrogens (tertiary/aromatic N) is 5. The molecule has 3 heterocycles. The van der Waals surface area contributed by atoms with Gasteiger partial charge in [0.1, 0.15) is 24.6 Å². The summed E-state index contributed by atoms with van der Waals surface area (Å²) >= 11 is 0. The predicted octanol–water partition coefficient (Wildman–Crippen LogP) is -1.99. The summed E-state index contributed by atoms with van der Waals surface area (Å²) in [4.78, 5) is 14.5. The second-order valence-corrected chi connectivity index (χ2v) is 6.85. The smallest absolute Gasteiger partial charge is 0.167 e. The van der Waals surface area contributed by atoms with E-state index in [1.54, 1.807) is 18.7 Å². The zero-order valence-electron chi connectivity index (χ0n) is 15.1. The van der Waals surface area contributed by atoms with Gasteiger partial charge in [0.15, 0.2) is 23.2 Å². The van der Waals surface area contributed by atoms with Crippen LogP contribution in [0.25, 0.3) is 11.2 Å². The summed E-state index contributed by atoms with van der Waals surface area (Å²) in [6.07, 6.45) is -2.96. The molecule has 0 amide bonds. The van der Waals surface area contributed by atoms with E-state index in [0.29, 0.717) is 17.0 Å². The number of rotatable bonds is 7. The van der Waals surface area contributed by atoms with Crippen molar-refractivity contribution in [1.82, 2.24) is 19.5 Å². The van der Waals surface area contributed by atoms with Gasteiger partial charge in [-0.1, -0.05) is 0 Å². The van der Waals surface area contributed by atoms with Gasteiger partial charge in [0.05, 0.1) is 25.1 Å². The number of anilines is 1. The monoisotopic (exact) mass is 383 g/mol. The van der Waals surface area contributed by atoms with E-state index in [-0.39, 0.29) is 13.1 Å². The summed E-state index contributed by atoms with van der Waals surface area (Å²) in [5.74, 6) is 0.423. The predicted molar refractivity (Wildman–Crippen MR) is 93.9 cm³/mol. The average molecular weight is 383 g/mol. The third-order valence-electron chi connectivity index (χ3n) is 4.40. The summed E-state index contributed by atoms with van der Waals surface area (Å²) in [5, 5.41) is 49.0. The van der Waals surface area contributed by atoms with E-state index < -0.39 is 43.4 Å². The fraction of sp³-hybridized carbons (Fsp3) is 0.688. The van der Waals surface area contributed by atoms with Crippen molar-refractivity contribution in [3.63, 3.8) is 0 Å². The van der Waals surface area contributed by atoms with Gasteiger partial charge >= 0.3 is 0 Å². The highest BCUT2D eigenvalue weighted by molar-refractivity contribution is 5.83. The molecule has 2 aromatic heterocycles. The lowest BCUT2D eigenvalue weighted by Gasteiger charge is -2.26. The Hall–Kier alpha value is -1.89. The van der Waals surface area contributed by atoms with Crippen LogP contribution in [-0.4, -0.2) is 95.3 Å². The van der Waals surface area contributed by atoms with Crippen molar-refractivity contribution in [2.75, 3.05) is 24.6 Å². The maximum Gasteiger partial charge on any atom is 0.167 e. The van der Waals surface area contributed by atoms with E-state index in [4.69, 9.17) is 4.74 Å². The molecule has 1 saturated heterocycles. The quantitative estimate of drug-likeness (QED) is 0.362. The van der Waals surface area contributed by atoms with Crippen molar-refractivity contribution >= 4 is 17.0 Å². The largest absolute Gasteiger partial charge is 0.394 e. The Morgan fingerprint density at radius 1 is 1.11 bits per heavy atom. The van der Waals surface area contributed by atoms with Crippen LogP contribution in [0.3, 0.4) is 0 Å². The number of ether oxygens (including phenoxy) is 1. The summed E-state index contributed by atoms with van der Waals surface area (Å²) in [6, 6.07) is 0. The highest BCUT2D eigenvalue weighted by Gasteiger charge is 2.44. The Morgan fingerprint density at radius 3 is 2.33 bits per heavy atom. The molecule has 1 fully saturated rings. The zero-order valence-corrected chi connectivity index (χ0v) is 15.1. The number of aromatic nitrogens is 4. The van der Waals surface area contributed by atoms with Crippen LogP contribution in [0.5, 0.6) is 0 Å². The number of hydrogen-bond donors (Lipinski definition) is 5. The van der Waals surface area contributed by atoms with Gasteiger partial charge in [0.25, 0.3) is 0 Å². The Bertz CT molecular complexity index is 759. The van der Waals surface area contributed by atoms with E-state index in [1.165, 1.54) is 17.2 Å². The molecule has 1 aliphatic heterocycles. The van der Waals surface area contributed by atoms with E-state index >= 15 is 0 Å². The molecule has 0 aromatic carbocycles. The molecule has 3 rings (SSSR count). The SMILES string of the molecule is CC(O)CN(CC(C)O)c1ncnc2c1ncn2[C@@H]1O[C@H](CO)[C@@H](O)[C@H]1O. The Kier molecular flexibility index (Phi) is 5.89. The van der Waals surface area contributed by atoms with Gasteiger partial charge in [-0.25, -0.2) is 15.0 Å². The second-order valence-electron chi connectivity index (χ2n) is 6.85. The lowest BCUT2D eigenvalue weighted by molar-refractivity contribution is -0.0511. The van der Waals surface area contributed by atoms with Crippen molar-refractivity contribution in [3.05, 3.63) is 12.7 Å². The lowest BCUT2D eigenvalue weighted by Crippen LogP contribution is -2.37. The van der Waals surface area contributed by atoms with Crippen LogP contribution in [0, 0.1) is 0 Å². The summed E-state index contributed by atoms with van der Waals surface area (Å²) < 4.78 is 7.00. The van der Waals surface area contributed by atoms with E-state index in [0.717, 1.165) is 0 Å². The first-order valence-electron chi connectivity index (χ1n) is 8.74. The molecule has 2 unspecified atom stereocenters. The maximum atomic E-state index is 10.3. The molecule has 11 heteroatoms. The highest BCUT2D eigenvalue weighted by atomic mass is 16.6. The fourth-order valence-electron chi connectivity index (χ4n) is 3.25. The van der Waals surface area contributed by atoms with Crippen LogP contribution in [0.1, 0.15) is 20.1 Å². The van der Waals surface area contributed by atoms with Crippen molar-refractivity contribution in [1.29, 1.82) is 0 Å². The van der Waals surface area contributed by atoms with Crippen LogP contribution >= 0.6 is 0 Å². The lowest BCUT2D eigenvalue weighted by atomic mass is 10.1. The van der Waals surface area contributed by atoms with E-state index in [2.05, 4.69) is 15.0 Å². The molecule has 5 N–H and O–H groups in total. The molecule has 27 heavy (non-hydrogen) atoms. The topological polar surface area (TPSA) is 157 Å². The Morgan fingerprint density at radius 2 is 1.78 bits per heavy atom. The first kappa shape index (κ1) is 19.9. The van der Waals surface area contributed by atoms with Gasteiger partial charge in [-0.2, -0.15) is 0 Å². The third-order valence-corrected chi connectivity index (χ3v) is 4.40. The fourth-order valence-corrected chi connectivity index (χ4v) is 3.25. The number of aliphatic hydroxyl groups is 5. The molecule has 0 bridgehead atoms. The molecule has 0 radical (unpaired) electrons. The van der Waals surface area contributed by atoms with Crippen LogP contribution in [0.15, 0.2) is 12.7 Å². The normalized spacial score (nSPS) is 27.8. The van der Waals surface area contributed by atoms with E-state index in [1.807, 2.05) is 0 Å². The minimum Gasteiger partial charge on any atom is -0.394 e. The number of hydrogen-bond acceptors (Lipinski definition) is 10. The number of fused-ring (bicyclic) bond motifs is 1. The molecule has 150 valence electrons. The van der Waals surface area contributed by atoms with Crippen LogP contribution in [-0.2, 0) is 4.74 Å². The molecule has 1 aliphatic rings. The van der Waals surface area contributed by atoms with Crippen LogP contribution in [0.4, 0.5) is 5.82 Å². The first-order valence-corrected chi connectivity index (χ1v) is 8.74. The van der Waals surface area contributed by atoms with Gasteiger partial charge in [-0.05, 0) is 13.8 Å². The Labute approximate surface area is 155 Å². The minimum absolute atomic E-state index is 0.234. The number of imidazole rings is 1. The van der Waals surface area contributed by atoms with Crippen LogP contribution in [0.2, 0.25) is 0 Å². The minimum atomic E-state index is -1.26. The van der Waals surface area contributed by atoms with E-state index in [9.17, 15) is 25.5 Å².